The minimum atomic E-state index is -0.323. The molecule has 2 fully saturated rings. The van der Waals surface area contributed by atoms with Gasteiger partial charge >= 0.3 is 0 Å². The lowest BCUT2D eigenvalue weighted by atomic mass is 9.95. The molecule has 4 nitrogen and oxygen atoms in total. The fraction of sp³-hybridized carbons (Fsp3) is 0.571. The molecule has 2 saturated carbocycles. The lowest BCUT2D eigenvalue weighted by Crippen LogP contribution is -2.25. The smallest absolute Gasteiger partial charge is 0.272 e. The lowest BCUT2D eigenvalue weighted by Gasteiger charge is -2.24. The Morgan fingerprint density at radius 1 is 1.33 bits per heavy atom. The van der Waals surface area contributed by atoms with E-state index in [-0.39, 0.29) is 10.6 Å². The molecule has 1 N–H and O–H groups in total. The van der Waals surface area contributed by atoms with Gasteiger partial charge in [-0.15, -0.1) is 0 Å². The molecule has 0 amide bonds. The standard InChI is InChI=1S/C14H18N2O2/c1-9-6-12(4-5-14(9)16(17)18)15-13-8-10-2-3-11(13)7-10/h4-6,10-11,13,15H,2-3,7-8H2,1H3. The minimum Gasteiger partial charge on any atom is -0.382 e. The maximum Gasteiger partial charge on any atom is 0.272 e. The number of nitrogens with zero attached hydrogens (tertiary/aromatic N) is 1. The van der Waals surface area contributed by atoms with Crippen LogP contribution in [-0.2, 0) is 0 Å². The van der Waals surface area contributed by atoms with Crippen LogP contribution in [-0.4, -0.2) is 11.0 Å². The normalized spacial score (nSPS) is 29.5. The summed E-state index contributed by atoms with van der Waals surface area (Å²) in [6, 6.07) is 5.90. The second-order valence-corrected chi connectivity index (χ2v) is 5.68. The van der Waals surface area contributed by atoms with Crippen molar-refractivity contribution in [3.8, 4) is 0 Å². The minimum absolute atomic E-state index is 0.202. The molecule has 0 aliphatic heterocycles. The molecule has 0 aromatic heterocycles. The molecule has 2 bridgehead atoms. The number of benzene rings is 1. The van der Waals surface area contributed by atoms with Crippen molar-refractivity contribution in [2.45, 2.75) is 38.6 Å². The van der Waals surface area contributed by atoms with Gasteiger partial charge in [0.2, 0.25) is 0 Å². The van der Waals surface area contributed by atoms with E-state index in [1.807, 2.05) is 12.1 Å². The fourth-order valence-corrected chi connectivity index (χ4v) is 3.59. The Labute approximate surface area is 107 Å². The molecule has 0 saturated heterocycles. The van der Waals surface area contributed by atoms with Gasteiger partial charge in [0.25, 0.3) is 5.69 Å². The summed E-state index contributed by atoms with van der Waals surface area (Å²) >= 11 is 0. The van der Waals surface area contributed by atoms with Crippen LogP contribution in [0.5, 0.6) is 0 Å². The van der Waals surface area contributed by atoms with Gasteiger partial charge in [-0.2, -0.15) is 0 Å². The molecule has 2 aliphatic carbocycles. The second kappa shape index (κ2) is 4.26. The van der Waals surface area contributed by atoms with Gasteiger partial charge in [-0.25, -0.2) is 0 Å². The van der Waals surface area contributed by atoms with Crippen molar-refractivity contribution in [1.82, 2.24) is 0 Å². The molecule has 3 atom stereocenters. The van der Waals surface area contributed by atoms with Crippen LogP contribution >= 0.6 is 0 Å². The quantitative estimate of drug-likeness (QED) is 0.656. The first-order chi connectivity index (χ1) is 8.63. The molecular formula is C14H18N2O2. The third-order valence-corrected chi connectivity index (χ3v) is 4.48. The Hall–Kier alpha value is -1.58. The van der Waals surface area contributed by atoms with E-state index < -0.39 is 0 Å². The maximum absolute atomic E-state index is 10.8. The summed E-state index contributed by atoms with van der Waals surface area (Å²) in [5.74, 6) is 1.72. The molecule has 18 heavy (non-hydrogen) atoms. The Bertz CT molecular complexity index is 487. The van der Waals surface area contributed by atoms with Gasteiger partial charge < -0.3 is 5.32 Å². The van der Waals surface area contributed by atoms with Gasteiger partial charge in [-0.05, 0) is 50.2 Å². The van der Waals surface area contributed by atoms with Crippen LogP contribution in [0.1, 0.15) is 31.2 Å². The van der Waals surface area contributed by atoms with Crippen molar-refractivity contribution in [2.75, 3.05) is 5.32 Å². The summed E-state index contributed by atoms with van der Waals surface area (Å²) in [4.78, 5) is 10.4. The molecule has 96 valence electrons. The summed E-state index contributed by atoms with van der Waals surface area (Å²) in [5, 5.41) is 14.3. The Morgan fingerprint density at radius 3 is 2.72 bits per heavy atom. The maximum atomic E-state index is 10.8. The van der Waals surface area contributed by atoms with Gasteiger partial charge in [0, 0.05) is 23.4 Å². The second-order valence-electron chi connectivity index (χ2n) is 5.68. The van der Waals surface area contributed by atoms with E-state index in [2.05, 4.69) is 5.32 Å². The highest BCUT2D eigenvalue weighted by molar-refractivity contribution is 5.54. The van der Waals surface area contributed by atoms with Gasteiger partial charge in [-0.3, -0.25) is 10.1 Å². The highest BCUT2D eigenvalue weighted by Crippen LogP contribution is 2.45. The van der Waals surface area contributed by atoms with Crippen LogP contribution < -0.4 is 5.32 Å². The number of fused-ring (bicyclic) bond motifs is 2. The first kappa shape index (κ1) is 11.5. The number of rotatable bonds is 3. The van der Waals surface area contributed by atoms with Crippen molar-refractivity contribution in [3.63, 3.8) is 0 Å². The third-order valence-electron chi connectivity index (χ3n) is 4.48. The van der Waals surface area contributed by atoms with E-state index in [9.17, 15) is 10.1 Å². The summed E-state index contributed by atoms with van der Waals surface area (Å²) in [6.45, 7) is 1.80. The molecule has 3 rings (SSSR count). The molecule has 3 unspecified atom stereocenters. The number of nitro benzene ring substituents is 1. The predicted molar refractivity (Wildman–Crippen MR) is 70.7 cm³/mol. The van der Waals surface area contributed by atoms with Gasteiger partial charge in [0.05, 0.1) is 4.92 Å². The van der Waals surface area contributed by atoms with Crippen LogP contribution in [0, 0.1) is 28.9 Å². The number of hydrogen-bond donors (Lipinski definition) is 1. The molecule has 0 spiro atoms. The van der Waals surface area contributed by atoms with Gasteiger partial charge in [-0.1, -0.05) is 6.42 Å². The number of hydrogen-bond acceptors (Lipinski definition) is 3. The molecule has 0 radical (unpaired) electrons. The monoisotopic (exact) mass is 246 g/mol. The Balaban J connectivity index is 1.74. The highest BCUT2D eigenvalue weighted by atomic mass is 16.6. The number of aryl methyl sites for hydroxylation is 1. The molecular weight excluding hydrogens is 228 g/mol. The summed E-state index contributed by atoms with van der Waals surface area (Å²) < 4.78 is 0. The molecule has 4 heteroatoms. The summed E-state index contributed by atoms with van der Waals surface area (Å²) in [5.41, 5.74) is 1.96. The van der Waals surface area contributed by atoms with Crippen molar-refractivity contribution in [3.05, 3.63) is 33.9 Å². The zero-order valence-corrected chi connectivity index (χ0v) is 10.6. The highest BCUT2D eigenvalue weighted by Gasteiger charge is 2.39. The zero-order chi connectivity index (χ0) is 12.7. The molecule has 0 heterocycles. The van der Waals surface area contributed by atoms with Crippen LogP contribution in [0.25, 0.3) is 0 Å². The largest absolute Gasteiger partial charge is 0.382 e. The van der Waals surface area contributed by atoms with E-state index in [1.54, 1.807) is 13.0 Å². The van der Waals surface area contributed by atoms with Crippen molar-refractivity contribution >= 4 is 11.4 Å². The van der Waals surface area contributed by atoms with Gasteiger partial charge in [0.15, 0.2) is 0 Å². The Morgan fingerprint density at radius 2 is 2.17 bits per heavy atom. The molecule has 1 aromatic rings. The number of nitrogens with one attached hydrogen (secondary N) is 1. The Kier molecular flexibility index (Phi) is 2.73. The zero-order valence-electron chi connectivity index (χ0n) is 10.6. The lowest BCUT2D eigenvalue weighted by molar-refractivity contribution is -0.385. The number of anilines is 1. The first-order valence-corrected chi connectivity index (χ1v) is 6.65. The van der Waals surface area contributed by atoms with E-state index in [1.165, 1.54) is 25.7 Å². The van der Waals surface area contributed by atoms with Crippen LogP contribution in [0.3, 0.4) is 0 Å². The summed E-state index contributed by atoms with van der Waals surface area (Å²) in [7, 11) is 0. The third kappa shape index (κ3) is 1.96. The van der Waals surface area contributed by atoms with Crippen molar-refractivity contribution in [2.24, 2.45) is 11.8 Å². The van der Waals surface area contributed by atoms with Crippen LogP contribution in [0.4, 0.5) is 11.4 Å². The van der Waals surface area contributed by atoms with Crippen molar-refractivity contribution < 1.29 is 4.92 Å². The average Bonchev–Trinajstić information content (AvgIpc) is 2.90. The van der Waals surface area contributed by atoms with E-state index in [4.69, 9.17) is 0 Å². The van der Waals surface area contributed by atoms with Crippen LogP contribution in [0.15, 0.2) is 18.2 Å². The SMILES string of the molecule is Cc1cc(NC2CC3CCC2C3)ccc1[N+](=O)[O-]. The average molecular weight is 246 g/mol. The molecule has 1 aromatic carbocycles. The van der Waals surface area contributed by atoms with Crippen molar-refractivity contribution in [1.29, 1.82) is 0 Å². The van der Waals surface area contributed by atoms with Gasteiger partial charge in [0.1, 0.15) is 0 Å². The molecule has 2 aliphatic rings. The van der Waals surface area contributed by atoms with E-state index in [0.717, 1.165) is 23.1 Å². The summed E-state index contributed by atoms with van der Waals surface area (Å²) in [6.07, 6.45) is 5.36. The van der Waals surface area contributed by atoms with Crippen LogP contribution in [0.2, 0.25) is 0 Å². The topological polar surface area (TPSA) is 55.2 Å². The number of nitro groups is 1. The first-order valence-electron chi connectivity index (χ1n) is 6.65. The predicted octanol–water partition coefficient (Wildman–Crippen LogP) is 3.50. The van der Waals surface area contributed by atoms with E-state index in [0.29, 0.717) is 6.04 Å². The fourth-order valence-electron chi connectivity index (χ4n) is 3.59. The van der Waals surface area contributed by atoms with E-state index >= 15 is 0 Å².